The van der Waals surface area contributed by atoms with Crippen molar-refractivity contribution in [2.75, 3.05) is 0 Å². The van der Waals surface area contributed by atoms with Crippen molar-refractivity contribution in [2.45, 2.75) is 41.0 Å². The Morgan fingerprint density at radius 2 is 1.58 bits per heavy atom. The molecule has 1 nitrogen and oxygen atoms in total. The molecule has 0 aliphatic heterocycles. The second-order valence-electron chi connectivity index (χ2n) is 1.86. The van der Waals surface area contributed by atoms with Crippen LogP contribution in [0.15, 0.2) is 30.4 Å². The third kappa shape index (κ3) is 35.3. The Morgan fingerprint density at radius 3 is 1.67 bits per heavy atom. The maximum atomic E-state index is 3.81. The Hall–Kier alpha value is -0.850. The quantitative estimate of drug-likeness (QED) is 0.549. The van der Waals surface area contributed by atoms with Gasteiger partial charge in [0, 0.05) is 11.9 Å². The molecule has 0 aromatic rings. The molecular formula is C11H23N. The zero-order valence-corrected chi connectivity index (χ0v) is 9.22. The zero-order valence-electron chi connectivity index (χ0n) is 9.22. The van der Waals surface area contributed by atoms with Crippen molar-refractivity contribution in [3.05, 3.63) is 25.4 Å². The molecule has 1 heteroatoms. The van der Waals surface area contributed by atoms with E-state index >= 15 is 0 Å². The largest absolute Gasteiger partial charge is 0.262 e. The van der Waals surface area contributed by atoms with Gasteiger partial charge in [-0.05, 0) is 13.0 Å². The van der Waals surface area contributed by atoms with Gasteiger partial charge in [-0.2, -0.15) is 0 Å². The minimum absolute atomic E-state index is 0.898. The van der Waals surface area contributed by atoms with Gasteiger partial charge >= 0.3 is 0 Å². The van der Waals surface area contributed by atoms with E-state index in [1.165, 1.54) is 12.6 Å². The first-order valence-electron chi connectivity index (χ1n) is 4.50. The number of rotatable bonds is 2. The van der Waals surface area contributed by atoms with Crippen molar-refractivity contribution in [3.8, 4) is 0 Å². The minimum Gasteiger partial charge on any atom is -0.262 e. The number of nitrogens with zero attached hydrogens (tertiary/aromatic N) is 1. The standard InChI is InChI=1S/C6H9N.C3H8.C2H6/c1-4-6(3)7-5-2;1-3-2;1-2/h4-5H,1-2H2,3H3;3H2,1-2H3;1-2H3. The molecule has 0 radical (unpaired) electrons. The number of allylic oxidation sites excluding steroid dienone is 1. The van der Waals surface area contributed by atoms with Crippen molar-refractivity contribution in [1.29, 1.82) is 0 Å². The van der Waals surface area contributed by atoms with Crippen molar-refractivity contribution < 1.29 is 0 Å². The molecule has 0 bridgehead atoms. The topological polar surface area (TPSA) is 12.4 Å². The van der Waals surface area contributed by atoms with Crippen LogP contribution in [0.25, 0.3) is 0 Å². The molecule has 0 spiro atoms. The molecule has 0 saturated carbocycles. The van der Waals surface area contributed by atoms with E-state index in [4.69, 9.17) is 0 Å². The molecule has 0 atom stereocenters. The monoisotopic (exact) mass is 169 g/mol. The summed E-state index contributed by atoms with van der Waals surface area (Å²) < 4.78 is 0. The van der Waals surface area contributed by atoms with Crippen LogP contribution in [0.5, 0.6) is 0 Å². The normalized spacial score (nSPS) is 8.25. The van der Waals surface area contributed by atoms with E-state index in [2.05, 4.69) is 32.0 Å². The fraction of sp³-hybridized carbons (Fsp3) is 0.545. The third-order valence-corrected chi connectivity index (χ3v) is 0.590. The zero-order chi connectivity index (χ0) is 10.4. The van der Waals surface area contributed by atoms with E-state index in [0.717, 1.165) is 5.71 Å². The van der Waals surface area contributed by atoms with Gasteiger partial charge in [-0.3, -0.25) is 4.99 Å². The molecule has 0 unspecified atom stereocenters. The fourth-order valence-electron chi connectivity index (χ4n) is 0.197. The van der Waals surface area contributed by atoms with Gasteiger partial charge in [-0.15, -0.1) is 0 Å². The molecule has 0 aliphatic rings. The summed E-state index contributed by atoms with van der Waals surface area (Å²) in [6.45, 7) is 17.0. The van der Waals surface area contributed by atoms with Gasteiger partial charge in [0.25, 0.3) is 0 Å². The van der Waals surface area contributed by atoms with Crippen molar-refractivity contribution in [2.24, 2.45) is 4.99 Å². The van der Waals surface area contributed by atoms with Gasteiger partial charge in [0.1, 0.15) is 0 Å². The molecule has 72 valence electrons. The molecule has 0 rings (SSSR count). The lowest BCUT2D eigenvalue weighted by Gasteiger charge is -1.79. The lowest BCUT2D eigenvalue weighted by Crippen LogP contribution is -1.77. The van der Waals surface area contributed by atoms with Gasteiger partial charge in [0.05, 0.1) is 0 Å². The van der Waals surface area contributed by atoms with Crippen LogP contribution in [0.1, 0.15) is 41.0 Å². The van der Waals surface area contributed by atoms with Gasteiger partial charge in [-0.1, -0.05) is 47.3 Å². The Morgan fingerprint density at radius 1 is 1.25 bits per heavy atom. The summed E-state index contributed by atoms with van der Waals surface area (Å²) in [4.78, 5) is 3.81. The Kier molecular flexibility index (Phi) is 32.4. The highest BCUT2D eigenvalue weighted by molar-refractivity contribution is 5.92. The summed E-state index contributed by atoms with van der Waals surface area (Å²) in [7, 11) is 0. The number of aliphatic imine (C=N–C) groups is 1. The lowest BCUT2D eigenvalue weighted by atomic mass is 10.4. The van der Waals surface area contributed by atoms with Crippen LogP contribution < -0.4 is 0 Å². The molecule has 0 aliphatic carbocycles. The van der Waals surface area contributed by atoms with Crippen molar-refractivity contribution >= 4 is 5.71 Å². The highest BCUT2D eigenvalue weighted by Gasteiger charge is 1.70. The summed E-state index contributed by atoms with van der Waals surface area (Å²) >= 11 is 0. The molecule has 12 heavy (non-hydrogen) atoms. The SMILES string of the molecule is C=CN=C(C)C=C.CC.CCC. The van der Waals surface area contributed by atoms with E-state index in [-0.39, 0.29) is 0 Å². The minimum atomic E-state index is 0.898. The number of hydrogen-bond acceptors (Lipinski definition) is 1. The van der Waals surface area contributed by atoms with Gasteiger partial charge < -0.3 is 0 Å². The second-order valence-corrected chi connectivity index (χ2v) is 1.86. The van der Waals surface area contributed by atoms with E-state index in [1.54, 1.807) is 6.08 Å². The van der Waals surface area contributed by atoms with Crippen molar-refractivity contribution in [3.63, 3.8) is 0 Å². The van der Waals surface area contributed by atoms with Crippen LogP contribution >= 0.6 is 0 Å². The van der Waals surface area contributed by atoms with Crippen LogP contribution in [-0.4, -0.2) is 5.71 Å². The highest BCUT2D eigenvalue weighted by Crippen LogP contribution is 1.76. The third-order valence-electron chi connectivity index (χ3n) is 0.590. The summed E-state index contributed by atoms with van der Waals surface area (Å²) in [5, 5.41) is 0. The molecule has 0 amide bonds. The average Bonchev–Trinajstić information content (AvgIpc) is 2.10. The average molecular weight is 169 g/mol. The van der Waals surface area contributed by atoms with E-state index < -0.39 is 0 Å². The molecule has 0 aromatic carbocycles. The van der Waals surface area contributed by atoms with Gasteiger partial charge in [-0.25, -0.2) is 0 Å². The summed E-state index contributed by atoms with van der Waals surface area (Å²) in [5.74, 6) is 0. The van der Waals surface area contributed by atoms with Crippen molar-refractivity contribution in [1.82, 2.24) is 0 Å². The predicted molar refractivity (Wildman–Crippen MR) is 60.8 cm³/mol. The first-order chi connectivity index (χ1) is 5.72. The first kappa shape index (κ1) is 17.3. The Bertz CT molecular complexity index is 112. The van der Waals surface area contributed by atoms with Crippen LogP contribution in [0.3, 0.4) is 0 Å². The molecule has 0 N–H and O–H groups in total. The molecule has 0 heterocycles. The lowest BCUT2D eigenvalue weighted by molar-refractivity contribution is 1.09. The molecule has 0 saturated heterocycles. The van der Waals surface area contributed by atoms with Crippen LogP contribution in [0, 0.1) is 0 Å². The Labute approximate surface area is 77.9 Å². The summed E-state index contributed by atoms with van der Waals surface area (Å²) in [6, 6.07) is 0. The molecule has 0 aromatic heterocycles. The van der Waals surface area contributed by atoms with E-state index in [1.807, 2.05) is 20.8 Å². The highest BCUT2D eigenvalue weighted by atomic mass is 14.7. The second kappa shape index (κ2) is 22.5. The molecular weight excluding hydrogens is 146 g/mol. The maximum Gasteiger partial charge on any atom is 0.0366 e. The van der Waals surface area contributed by atoms with Crippen LogP contribution in [0.2, 0.25) is 0 Å². The van der Waals surface area contributed by atoms with E-state index in [9.17, 15) is 0 Å². The Balaban J connectivity index is -0.000000137. The smallest absolute Gasteiger partial charge is 0.0366 e. The predicted octanol–water partition coefficient (Wildman–Crippen LogP) is 4.22. The van der Waals surface area contributed by atoms with Gasteiger partial charge in [0.2, 0.25) is 0 Å². The molecule has 0 fully saturated rings. The maximum absolute atomic E-state index is 3.81. The number of hydrogen-bond donors (Lipinski definition) is 0. The first-order valence-corrected chi connectivity index (χ1v) is 4.50. The fourth-order valence-corrected chi connectivity index (χ4v) is 0.197. The van der Waals surface area contributed by atoms with Crippen LogP contribution in [-0.2, 0) is 0 Å². The van der Waals surface area contributed by atoms with E-state index in [0.29, 0.717) is 0 Å². The van der Waals surface area contributed by atoms with Crippen LogP contribution in [0.4, 0.5) is 0 Å². The van der Waals surface area contributed by atoms with Gasteiger partial charge in [0.15, 0.2) is 0 Å². The summed E-state index contributed by atoms with van der Waals surface area (Å²) in [5.41, 5.74) is 0.898. The summed E-state index contributed by atoms with van der Waals surface area (Å²) in [6.07, 6.45) is 4.43.